The van der Waals surface area contributed by atoms with Gasteiger partial charge in [-0.1, -0.05) is 40.6 Å². The number of aromatic nitrogens is 1. The molecule has 1 heterocycles. The SMILES string of the molecule is Nc1[nH+]cc(Cc2ccc(Cl)cc2Cl)s1. The lowest BCUT2D eigenvalue weighted by atomic mass is 10.1. The molecular formula is C10H9Cl2N2S+. The number of aromatic amines is 1. The molecule has 2 rings (SSSR count). The van der Waals surface area contributed by atoms with E-state index in [1.807, 2.05) is 18.3 Å². The first-order valence-electron chi connectivity index (χ1n) is 4.35. The molecule has 1 aromatic carbocycles. The van der Waals surface area contributed by atoms with Gasteiger partial charge in [-0.3, -0.25) is 5.73 Å². The van der Waals surface area contributed by atoms with Gasteiger partial charge < -0.3 is 0 Å². The van der Waals surface area contributed by atoms with Gasteiger partial charge in [-0.25, -0.2) is 4.98 Å². The highest BCUT2D eigenvalue weighted by Gasteiger charge is 2.07. The van der Waals surface area contributed by atoms with E-state index in [0.29, 0.717) is 15.2 Å². The Balaban J connectivity index is 2.24. The Labute approximate surface area is 102 Å². The van der Waals surface area contributed by atoms with E-state index < -0.39 is 0 Å². The molecule has 2 nitrogen and oxygen atoms in total. The number of thiazole rings is 1. The van der Waals surface area contributed by atoms with Gasteiger partial charge in [0.15, 0.2) is 0 Å². The monoisotopic (exact) mass is 259 g/mol. The average molecular weight is 260 g/mol. The largest absolute Gasteiger partial charge is 0.329 e. The highest BCUT2D eigenvalue weighted by Crippen LogP contribution is 2.24. The molecule has 15 heavy (non-hydrogen) atoms. The third-order valence-electron chi connectivity index (χ3n) is 2.00. The van der Waals surface area contributed by atoms with Crippen molar-refractivity contribution < 1.29 is 4.98 Å². The van der Waals surface area contributed by atoms with Crippen molar-refractivity contribution in [1.29, 1.82) is 0 Å². The van der Waals surface area contributed by atoms with Crippen LogP contribution in [0, 0.1) is 0 Å². The quantitative estimate of drug-likeness (QED) is 0.885. The minimum Gasteiger partial charge on any atom is -0.278 e. The Bertz CT molecular complexity index is 482. The van der Waals surface area contributed by atoms with Crippen molar-refractivity contribution in [2.75, 3.05) is 5.73 Å². The number of H-pyrrole nitrogens is 1. The van der Waals surface area contributed by atoms with Gasteiger partial charge in [-0.2, -0.15) is 0 Å². The van der Waals surface area contributed by atoms with E-state index in [1.54, 1.807) is 6.07 Å². The zero-order chi connectivity index (χ0) is 10.8. The van der Waals surface area contributed by atoms with Gasteiger partial charge in [-0.05, 0) is 17.7 Å². The first kappa shape index (κ1) is 10.7. The lowest BCUT2D eigenvalue weighted by Gasteiger charge is -2.01. The Morgan fingerprint density at radius 2 is 2.13 bits per heavy atom. The van der Waals surface area contributed by atoms with Crippen LogP contribution < -0.4 is 10.7 Å². The van der Waals surface area contributed by atoms with Crippen LogP contribution in [0.25, 0.3) is 0 Å². The molecule has 2 aromatic rings. The van der Waals surface area contributed by atoms with Crippen LogP contribution in [0.2, 0.25) is 10.0 Å². The van der Waals surface area contributed by atoms with Gasteiger partial charge >= 0.3 is 5.13 Å². The molecule has 78 valence electrons. The second kappa shape index (κ2) is 4.39. The molecule has 0 amide bonds. The second-order valence-electron chi connectivity index (χ2n) is 3.13. The lowest BCUT2D eigenvalue weighted by molar-refractivity contribution is -0.354. The van der Waals surface area contributed by atoms with Gasteiger partial charge in [-0.15, -0.1) is 0 Å². The summed E-state index contributed by atoms with van der Waals surface area (Å²) in [5.74, 6) is 0. The summed E-state index contributed by atoms with van der Waals surface area (Å²) in [5, 5.41) is 2.05. The van der Waals surface area contributed by atoms with Crippen molar-refractivity contribution in [3.8, 4) is 0 Å². The predicted octanol–water partition coefficient (Wildman–Crippen LogP) is 3.04. The Hall–Kier alpha value is -0.770. The van der Waals surface area contributed by atoms with Crippen LogP contribution in [0.15, 0.2) is 24.4 Å². The molecule has 3 N–H and O–H groups in total. The minimum atomic E-state index is 0.654. The van der Waals surface area contributed by atoms with Gasteiger partial charge in [0.05, 0.1) is 4.88 Å². The fraction of sp³-hybridized carbons (Fsp3) is 0.100. The fourth-order valence-electron chi connectivity index (χ4n) is 1.29. The summed E-state index contributed by atoms with van der Waals surface area (Å²) in [4.78, 5) is 4.10. The maximum absolute atomic E-state index is 6.06. The van der Waals surface area contributed by atoms with E-state index in [4.69, 9.17) is 28.9 Å². The maximum Gasteiger partial charge on any atom is 0.329 e. The third kappa shape index (κ3) is 2.62. The Morgan fingerprint density at radius 3 is 2.73 bits per heavy atom. The van der Waals surface area contributed by atoms with Crippen LogP contribution >= 0.6 is 34.5 Å². The summed E-state index contributed by atoms with van der Waals surface area (Å²) < 4.78 is 0. The normalized spacial score (nSPS) is 10.5. The van der Waals surface area contributed by atoms with E-state index in [1.165, 1.54) is 11.3 Å². The van der Waals surface area contributed by atoms with Gasteiger partial charge in [0.2, 0.25) is 0 Å². The molecule has 0 saturated heterocycles. The van der Waals surface area contributed by atoms with E-state index in [9.17, 15) is 0 Å². The number of nitrogen functional groups attached to an aromatic ring is 1. The van der Waals surface area contributed by atoms with E-state index in [-0.39, 0.29) is 0 Å². The van der Waals surface area contributed by atoms with E-state index in [2.05, 4.69) is 4.98 Å². The zero-order valence-electron chi connectivity index (χ0n) is 7.76. The van der Waals surface area contributed by atoms with Crippen molar-refractivity contribution in [2.45, 2.75) is 6.42 Å². The fourth-order valence-corrected chi connectivity index (χ4v) is 2.51. The standard InChI is InChI=1S/C10H8Cl2N2S/c11-7-2-1-6(9(12)4-7)3-8-5-14-10(13)15-8/h1-2,4-5H,3H2,(H2,13,14)/p+1. The van der Waals surface area contributed by atoms with Crippen LogP contribution in [0.4, 0.5) is 5.13 Å². The van der Waals surface area contributed by atoms with Gasteiger partial charge in [0.25, 0.3) is 0 Å². The Morgan fingerprint density at radius 1 is 1.33 bits per heavy atom. The smallest absolute Gasteiger partial charge is 0.278 e. The number of nitrogens with one attached hydrogen (secondary N) is 1. The molecule has 0 aliphatic carbocycles. The molecule has 0 atom stereocenters. The molecule has 5 heteroatoms. The maximum atomic E-state index is 6.06. The molecule has 0 radical (unpaired) electrons. The summed E-state index contributed by atoms with van der Waals surface area (Å²) in [5.41, 5.74) is 6.66. The lowest BCUT2D eigenvalue weighted by Crippen LogP contribution is -2.01. The van der Waals surface area contributed by atoms with Crippen molar-refractivity contribution in [1.82, 2.24) is 0 Å². The highest BCUT2D eigenvalue weighted by atomic mass is 35.5. The summed E-state index contributed by atoms with van der Waals surface area (Å²) in [6, 6.07) is 5.52. The highest BCUT2D eigenvalue weighted by molar-refractivity contribution is 7.14. The first-order valence-corrected chi connectivity index (χ1v) is 5.92. The Kier molecular flexibility index (Phi) is 3.14. The van der Waals surface area contributed by atoms with E-state index >= 15 is 0 Å². The summed E-state index contributed by atoms with van der Waals surface area (Å²) in [6.07, 6.45) is 2.67. The number of hydrogen-bond donors (Lipinski definition) is 1. The second-order valence-corrected chi connectivity index (χ2v) is 5.15. The van der Waals surface area contributed by atoms with Gasteiger partial charge in [0, 0.05) is 16.5 Å². The van der Waals surface area contributed by atoms with Crippen molar-refractivity contribution in [2.24, 2.45) is 0 Å². The van der Waals surface area contributed by atoms with Crippen LogP contribution in [0.5, 0.6) is 0 Å². The molecule has 0 fully saturated rings. The number of nitrogens with two attached hydrogens (primary N) is 1. The van der Waals surface area contributed by atoms with Crippen molar-refractivity contribution >= 4 is 39.7 Å². The molecule has 0 bridgehead atoms. The minimum absolute atomic E-state index is 0.654. The first-order chi connectivity index (χ1) is 7.15. The van der Waals surface area contributed by atoms with Crippen LogP contribution in [-0.2, 0) is 6.42 Å². The molecule has 1 aromatic heterocycles. The number of rotatable bonds is 2. The van der Waals surface area contributed by atoms with Crippen LogP contribution in [-0.4, -0.2) is 0 Å². The molecular weight excluding hydrogens is 251 g/mol. The number of hydrogen-bond acceptors (Lipinski definition) is 2. The summed E-state index contributed by atoms with van der Waals surface area (Å²) in [6.45, 7) is 0. The molecule has 0 aliphatic rings. The van der Waals surface area contributed by atoms with Crippen LogP contribution in [0.1, 0.15) is 10.4 Å². The summed E-state index contributed by atoms with van der Waals surface area (Å²) >= 11 is 13.4. The van der Waals surface area contributed by atoms with Crippen molar-refractivity contribution in [3.05, 3.63) is 44.9 Å². The zero-order valence-corrected chi connectivity index (χ0v) is 10.1. The molecule has 0 aliphatic heterocycles. The third-order valence-corrected chi connectivity index (χ3v) is 3.45. The van der Waals surface area contributed by atoms with Crippen LogP contribution in [0.3, 0.4) is 0 Å². The predicted molar refractivity (Wildman–Crippen MR) is 64.6 cm³/mol. The molecule has 0 spiro atoms. The number of benzene rings is 1. The number of anilines is 1. The average Bonchev–Trinajstić information content (AvgIpc) is 2.56. The van der Waals surface area contributed by atoms with E-state index in [0.717, 1.165) is 16.9 Å². The summed E-state index contributed by atoms with van der Waals surface area (Å²) in [7, 11) is 0. The molecule has 0 unspecified atom stereocenters. The van der Waals surface area contributed by atoms with Gasteiger partial charge in [0.1, 0.15) is 6.20 Å². The molecule has 0 saturated carbocycles. The van der Waals surface area contributed by atoms with Crippen molar-refractivity contribution in [3.63, 3.8) is 0 Å². The topological polar surface area (TPSA) is 40.2 Å². The number of halogens is 2.